The molecule has 0 amide bonds. The van der Waals surface area contributed by atoms with E-state index in [2.05, 4.69) is 29.0 Å². The third-order valence-electron chi connectivity index (χ3n) is 3.75. The van der Waals surface area contributed by atoms with E-state index in [-0.39, 0.29) is 10.6 Å². The molecule has 1 aromatic heterocycles. The van der Waals surface area contributed by atoms with Gasteiger partial charge in [0, 0.05) is 26.3 Å². The van der Waals surface area contributed by atoms with Gasteiger partial charge in [-0.25, -0.2) is 4.98 Å². The van der Waals surface area contributed by atoms with E-state index in [0.29, 0.717) is 23.3 Å². The van der Waals surface area contributed by atoms with Gasteiger partial charge in [-0.05, 0) is 30.7 Å². The van der Waals surface area contributed by atoms with Crippen LogP contribution >= 0.6 is 0 Å². The highest BCUT2D eigenvalue weighted by Crippen LogP contribution is 2.37. The van der Waals surface area contributed by atoms with Gasteiger partial charge >= 0.3 is 5.69 Å². The number of rotatable bonds is 5. The Balaban J connectivity index is 2.23. The molecule has 0 radical (unpaired) electrons. The molecule has 1 aliphatic heterocycles. The molecule has 2 heterocycles. The van der Waals surface area contributed by atoms with Crippen LogP contribution in [0, 0.1) is 22.0 Å². The lowest BCUT2D eigenvalue weighted by Crippen LogP contribution is -2.21. The maximum atomic E-state index is 11.3. The lowest BCUT2D eigenvalue weighted by atomic mass is 9.97. The van der Waals surface area contributed by atoms with Crippen LogP contribution in [0.5, 0.6) is 0 Å². The minimum absolute atomic E-state index is 0.0835. The third-order valence-corrected chi connectivity index (χ3v) is 3.75. The average Bonchev–Trinajstić information content (AvgIpc) is 2.85. The SMILES string of the molecule is CNc1nccc(N2CCC(CC(C)C)C2)c1[N+](=O)[O-]. The molecule has 1 atom stereocenters. The Labute approximate surface area is 119 Å². The first-order chi connectivity index (χ1) is 9.52. The fourth-order valence-corrected chi connectivity index (χ4v) is 2.97. The molecule has 1 unspecified atom stereocenters. The quantitative estimate of drug-likeness (QED) is 0.662. The number of aromatic nitrogens is 1. The van der Waals surface area contributed by atoms with Crippen molar-refractivity contribution in [3.05, 3.63) is 22.4 Å². The number of nitro groups is 1. The second-order valence-corrected chi connectivity index (χ2v) is 5.76. The summed E-state index contributed by atoms with van der Waals surface area (Å²) in [5.41, 5.74) is 0.765. The first-order valence-corrected chi connectivity index (χ1v) is 7.09. The van der Waals surface area contributed by atoms with Crippen molar-refractivity contribution in [3.8, 4) is 0 Å². The lowest BCUT2D eigenvalue weighted by Gasteiger charge is -2.19. The van der Waals surface area contributed by atoms with Crippen LogP contribution in [0.3, 0.4) is 0 Å². The summed E-state index contributed by atoms with van der Waals surface area (Å²) in [7, 11) is 1.66. The Morgan fingerprint density at radius 3 is 2.95 bits per heavy atom. The van der Waals surface area contributed by atoms with E-state index in [0.717, 1.165) is 19.5 Å². The van der Waals surface area contributed by atoms with Crippen LogP contribution in [0.2, 0.25) is 0 Å². The van der Waals surface area contributed by atoms with Gasteiger partial charge in [-0.1, -0.05) is 13.8 Å². The Morgan fingerprint density at radius 2 is 2.35 bits per heavy atom. The van der Waals surface area contributed by atoms with E-state index in [9.17, 15) is 10.1 Å². The molecule has 0 aliphatic carbocycles. The van der Waals surface area contributed by atoms with E-state index in [4.69, 9.17) is 0 Å². The smallest absolute Gasteiger partial charge is 0.334 e. The van der Waals surface area contributed by atoms with Crippen LogP contribution in [-0.4, -0.2) is 30.0 Å². The highest BCUT2D eigenvalue weighted by atomic mass is 16.6. The van der Waals surface area contributed by atoms with Crippen molar-refractivity contribution in [2.24, 2.45) is 11.8 Å². The molecular formula is C14H22N4O2. The minimum atomic E-state index is -0.343. The summed E-state index contributed by atoms with van der Waals surface area (Å²) in [6, 6.07) is 1.75. The molecule has 6 heteroatoms. The summed E-state index contributed by atoms with van der Waals surface area (Å²) >= 11 is 0. The molecule has 1 N–H and O–H groups in total. The van der Waals surface area contributed by atoms with E-state index >= 15 is 0 Å². The van der Waals surface area contributed by atoms with Crippen molar-refractivity contribution < 1.29 is 4.92 Å². The molecule has 0 spiro atoms. The topological polar surface area (TPSA) is 71.3 Å². The standard InChI is InChI=1S/C14H22N4O2/c1-10(2)8-11-5-7-17(9-11)12-4-6-16-14(15-3)13(12)18(19)20/h4,6,10-11H,5,7-9H2,1-3H3,(H,15,16). The van der Waals surface area contributed by atoms with E-state index < -0.39 is 0 Å². The predicted octanol–water partition coefficient (Wildman–Crippen LogP) is 2.90. The molecule has 1 aliphatic rings. The van der Waals surface area contributed by atoms with Crippen LogP contribution in [0.4, 0.5) is 17.2 Å². The number of hydrogen-bond acceptors (Lipinski definition) is 5. The molecule has 1 saturated heterocycles. The van der Waals surface area contributed by atoms with Crippen molar-refractivity contribution in [1.82, 2.24) is 4.98 Å². The largest absolute Gasteiger partial charge is 0.367 e. The lowest BCUT2D eigenvalue weighted by molar-refractivity contribution is -0.383. The monoisotopic (exact) mass is 278 g/mol. The molecule has 20 heavy (non-hydrogen) atoms. The first kappa shape index (κ1) is 14.6. The normalized spacial score (nSPS) is 18.6. The highest BCUT2D eigenvalue weighted by Gasteiger charge is 2.30. The van der Waals surface area contributed by atoms with Crippen LogP contribution in [-0.2, 0) is 0 Å². The Kier molecular flexibility index (Phi) is 4.42. The van der Waals surface area contributed by atoms with Gasteiger partial charge in [-0.15, -0.1) is 0 Å². The van der Waals surface area contributed by atoms with Gasteiger partial charge in [0.1, 0.15) is 5.69 Å². The highest BCUT2D eigenvalue weighted by molar-refractivity contribution is 5.73. The average molecular weight is 278 g/mol. The number of nitrogens with one attached hydrogen (secondary N) is 1. The maximum Gasteiger partial charge on any atom is 0.334 e. The van der Waals surface area contributed by atoms with Crippen molar-refractivity contribution in [1.29, 1.82) is 0 Å². The van der Waals surface area contributed by atoms with Crippen molar-refractivity contribution >= 4 is 17.2 Å². The van der Waals surface area contributed by atoms with E-state index in [1.165, 1.54) is 6.42 Å². The number of nitrogens with zero attached hydrogens (tertiary/aromatic N) is 3. The molecule has 2 rings (SSSR count). The molecule has 1 fully saturated rings. The van der Waals surface area contributed by atoms with Crippen molar-refractivity contribution in [2.75, 3.05) is 30.4 Å². The van der Waals surface area contributed by atoms with Gasteiger partial charge in [0.25, 0.3) is 0 Å². The van der Waals surface area contributed by atoms with Gasteiger partial charge in [0.2, 0.25) is 5.82 Å². The maximum absolute atomic E-state index is 11.3. The molecule has 1 aromatic rings. The zero-order chi connectivity index (χ0) is 14.7. The fraction of sp³-hybridized carbons (Fsp3) is 0.643. The Morgan fingerprint density at radius 1 is 1.60 bits per heavy atom. The molecular weight excluding hydrogens is 256 g/mol. The summed E-state index contributed by atoms with van der Waals surface area (Å²) in [6.45, 7) is 6.21. The zero-order valence-corrected chi connectivity index (χ0v) is 12.3. The van der Waals surface area contributed by atoms with E-state index in [1.807, 2.05) is 0 Å². The second-order valence-electron chi connectivity index (χ2n) is 5.76. The second kappa shape index (κ2) is 6.07. The number of pyridine rings is 1. The summed E-state index contributed by atoms with van der Waals surface area (Å²) in [5, 5.41) is 14.1. The molecule has 0 aromatic carbocycles. The Hall–Kier alpha value is -1.85. The summed E-state index contributed by atoms with van der Waals surface area (Å²) in [5.74, 6) is 1.63. The zero-order valence-electron chi connectivity index (χ0n) is 12.3. The molecule has 0 saturated carbocycles. The summed E-state index contributed by atoms with van der Waals surface area (Å²) in [4.78, 5) is 17.1. The molecule has 0 bridgehead atoms. The number of anilines is 2. The number of hydrogen-bond donors (Lipinski definition) is 1. The van der Waals surface area contributed by atoms with Gasteiger partial charge in [0.05, 0.1) is 4.92 Å². The van der Waals surface area contributed by atoms with Crippen LogP contribution < -0.4 is 10.2 Å². The van der Waals surface area contributed by atoms with Crippen molar-refractivity contribution in [2.45, 2.75) is 26.7 Å². The van der Waals surface area contributed by atoms with E-state index in [1.54, 1.807) is 19.3 Å². The molecule has 6 nitrogen and oxygen atoms in total. The minimum Gasteiger partial charge on any atom is -0.367 e. The fourth-order valence-electron chi connectivity index (χ4n) is 2.97. The first-order valence-electron chi connectivity index (χ1n) is 7.09. The van der Waals surface area contributed by atoms with Gasteiger partial charge in [-0.3, -0.25) is 10.1 Å². The van der Waals surface area contributed by atoms with Gasteiger partial charge in [0.15, 0.2) is 0 Å². The van der Waals surface area contributed by atoms with Crippen molar-refractivity contribution in [3.63, 3.8) is 0 Å². The predicted molar refractivity (Wildman–Crippen MR) is 80.2 cm³/mol. The summed E-state index contributed by atoms with van der Waals surface area (Å²) < 4.78 is 0. The van der Waals surface area contributed by atoms with Gasteiger partial charge < -0.3 is 10.2 Å². The molecule has 110 valence electrons. The van der Waals surface area contributed by atoms with Crippen LogP contribution in [0.25, 0.3) is 0 Å². The third kappa shape index (κ3) is 3.00. The Bertz CT molecular complexity index is 490. The summed E-state index contributed by atoms with van der Waals surface area (Å²) in [6.07, 6.45) is 3.91. The van der Waals surface area contributed by atoms with Crippen LogP contribution in [0.1, 0.15) is 26.7 Å². The van der Waals surface area contributed by atoms with Gasteiger partial charge in [-0.2, -0.15) is 0 Å². The van der Waals surface area contributed by atoms with Crippen LogP contribution in [0.15, 0.2) is 12.3 Å².